The number of carbonyl (C=O) groups is 2. The number of hydrogen-bond donors (Lipinski definition) is 0. The average Bonchev–Trinajstić information content (AvgIpc) is 3.22. The lowest BCUT2D eigenvalue weighted by Crippen LogP contribution is -2.51. The van der Waals surface area contributed by atoms with E-state index < -0.39 is 16.0 Å². The van der Waals surface area contributed by atoms with Crippen molar-refractivity contribution in [3.8, 4) is 0 Å². The smallest absolute Gasteiger partial charge is 0.339 e. The lowest BCUT2D eigenvalue weighted by Gasteiger charge is -2.35. The molecule has 1 aliphatic carbocycles. The first kappa shape index (κ1) is 20.3. The number of rotatable bonds is 4. The molecule has 2 aliphatic rings. The van der Waals surface area contributed by atoms with Gasteiger partial charge in [0, 0.05) is 36.6 Å². The Morgan fingerprint density at radius 1 is 1.11 bits per heavy atom. The normalized spacial score (nSPS) is 19.3. The van der Waals surface area contributed by atoms with Gasteiger partial charge in [-0.1, -0.05) is 12.8 Å². The molecule has 1 heterocycles. The lowest BCUT2D eigenvalue weighted by molar-refractivity contribution is -0.136. The molecule has 0 atom stereocenters. The molecule has 0 aromatic heterocycles. The van der Waals surface area contributed by atoms with Crippen molar-refractivity contribution < 1.29 is 22.7 Å². The van der Waals surface area contributed by atoms with E-state index in [0.29, 0.717) is 17.6 Å². The van der Waals surface area contributed by atoms with Crippen LogP contribution >= 0.6 is 15.9 Å². The number of carbonyl (C=O) groups excluding carboxylic acids is 2. The zero-order valence-corrected chi connectivity index (χ0v) is 17.6. The maximum atomic E-state index is 12.9. The first-order valence-corrected chi connectivity index (χ1v) is 11.2. The van der Waals surface area contributed by atoms with Gasteiger partial charge in [-0.2, -0.15) is 4.31 Å². The highest BCUT2D eigenvalue weighted by Gasteiger charge is 2.33. The van der Waals surface area contributed by atoms with E-state index in [4.69, 9.17) is 4.74 Å². The van der Waals surface area contributed by atoms with Crippen molar-refractivity contribution in [2.24, 2.45) is 5.92 Å². The van der Waals surface area contributed by atoms with Gasteiger partial charge < -0.3 is 9.64 Å². The fraction of sp³-hybridized carbons (Fsp3) is 0.556. The van der Waals surface area contributed by atoms with Crippen molar-refractivity contribution in [1.82, 2.24) is 9.21 Å². The number of halogens is 1. The van der Waals surface area contributed by atoms with Gasteiger partial charge in [0.25, 0.3) is 0 Å². The Labute approximate surface area is 167 Å². The molecular formula is C18H23BrN2O5S. The van der Waals surface area contributed by atoms with Crippen molar-refractivity contribution >= 4 is 37.8 Å². The molecule has 0 unspecified atom stereocenters. The highest BCUT2D eigenvalue weighted by molar-refractivity contribution is 9.10. The van der Waals surface area contributed by atoms with Crippen LogP contribution in [-0.2, 0) is 19.6 Å². The standard InChI is InChI=1S/C18H23BrN2O5S/c1-26-18(23)15-12-14(6-7-16(15)19)27(24,25)21-10-8-20(9-11-21)17(22)13-4-2-3-5-13/h6-7,12-13H,2-5,8-11H2,1H3. The molecule has 1 aliphatic heterocycles. The number of hydrogen-bond acceptors (Lipinski definition) is 5. The van der Waals surface area contributed by atoms with E-state index in [9.17, 15) is 18.0 Å². The topological polar surface area (TPSA) is 84.0 Å². The average molecular weight is 459 g/mol. The third-order valence-electron chi connectivity index (χ3n) is 5.24. The van der Waals surface area contributed by atoms with E-state index in [-0.39, 0.29) is 35.4 Å². The molecule has 1 aromatic carbocycles. The largest absolute Gasteiger partial charge is 0.465 e. The van der Waals surface area contributed by atoms with Gasteiger partial charge in [-0.25, -0.2) is 13.2 Å². The highest BCUT2D eigenvalue weighted by Crippen LogP contribution is 2.28. The Kier molecular flexibility index (Phi) is 6.22. The number of methoxy groups -OCH3 is 1. The molecular weight excluding hydrogens is 436 g/mol. The number of amides is 1. The second-order valence-corrected chi connectivity index (χ2v) is 9.64. The van der Waals surface area contributed by atoms with Crippen LogP contribution in [0.3, 0.4) is 0 Å². The Morgan fingerprint density at radius 3 is 2.33 bits per heavy atom. The summed E-state index contributed by atoms with van der Waals surface area (Å²) in [6.07, 6.45) is 4.06. The highest BCUT2D eigenvalue weighted by atomic mass is 79.9. The molecule has 0 radical (unpaired) electrons. The Bertz CT molecular complexity index is 828. The summed E-state index contributed by atoms with van der Waals surface area (Å²) in [6.45, 7) is 1.30. The van der Waals surface area contributed by atoms with Crippen LogP contribution in [0.15, 0.2) is 27.6 Å². The Morgan fingerprint density at radius 2 is 1.74 bits per heavy atom. The molecule has 7 nitrogen and oxygen atoms in total. The number of esters is 1. The van der Waals surface area contributed by atoms with Crippen LogP contribution in [0.4, 0.5) is 0 Å². The third kappa shape index (κ3) is 4.20. The van der Waals surface area contributed by atoms with Crippen molar-refractivity contribution in [2.45, 2.75) is 30.6 Å². The molecule has 1 aromatic rings. The fourth-order valence-electron chi connectivity index (χ4n) is 3.66. The van der Waals surface area contributed by atoms with E-state index >= 15 is 0 Å². The SMILES string of the molecule is COC(=O)c1cc(S(=O)(=O)N2CCN(C(=O)C3CCCC3)CC2)ccc1Br. The van der Waals surface area contributed by atoms with Gasteiger partial charge in [0.2, 0.25) is 15.9 Å². The second kappa shape index (κ2) is 8.28. The number of ether oxygens (including phenoxy) is 1. The predicted octanol–water partition coefficient (Wildman–Crippen LogP) is 2.26. The van der Waals surface area contributed by atoms with Gasteiger partial charge in [0.05, 0.1) is 17.6 Å². The van der Waals surface area contributed by atoms with Gasteiger partial charge in [0.1, 0.15) is 0 Å². The zero-order chi connectivity index (χ0) is 19.6. The molecule has 1 amide bonds. The maximum Gasteiger partial charge on any atom is 0.339 e. The van der Waals surface area contributed by atoms with Gasteiger partial charge in [-0.15, -0.1) is 0 Å². The van der Waals surface area contributed by atoms with Crippen LogP contribution in [0.25, 0.3) is 0 Å². The summed E-state index contributed by atoms with van der Waals surface area (Å²) in [5.74, 6) is -0.352. The second-order valence-electron chi connectivity index (χ2n) is 6.84. The molecule has 1 saturated carbocycles. The summed E-state index contributed by atoms with van der Waals surface area (Å²) in [5, 5.41) is 0. The van der Waals surface area contributed by atoms with E-state index in [2.05, 4.69) is 15.9 Å². The summed E-state index contributed by atoms with van der Waals surface area (Å²) in [5.41, 5.74) is 0.161. The summed E-state index contributed by atoms with van der Waals surface area (Å²) in [6, 6.07) is 4.31. The van der Waals surface area contributed by atoms with Gasteiger partial charge in [-0.05, 0) is 47.0 Å². The summed E-state index contributed by atoms with van der Waals surface area (Å²) in [4.78, 5) is 26.2. The molecule has 0 N–H and O–H groups in total. The molecule has 0 bridgehead atoms. The molecule has 3 rings (SSSR count). The van der Waals surface area contributed by atoms with Crippen molar-refractivity contribution in [1.29, 1.82) is 0 Å². The van der Waals surface area contributed by atoms with Gasteiger partial charge >= 0.3 is 5.97 Å². The molecule has 27 heavy (non-hydrogen) atoms. The van der Waals surface area contributed by atoms with Gasteiger partial charge in [0.15, 0.2) is 0 Å². The van der Waals surface area contributed by atoms with E-state index in [1.807, 2.05) is 0 Å². The van der Waals surface area contributed by atoms with Crippen molar-refractivity contribution in [2.75, 3.05) is 33.3 Å². The van der Waals surface area contributed by atoms with Crippen LogP contribution < -0.4 is 0 Å². The number of piperazine rings is 1. The lowest BCUT2D eigenvalue weighted by atomic mass is 10.1. The van der Waals surface area contributed by atoms with E-state index in [1.165, 1.54) is 29.6 Å². The summed E-state index contributed by atoms with van der Waals surface area (Å²) in [7, 11) is -2.50. The van der Waals surface area contributed by atoms with Crippen LogP contribution in [0.1, 0.15) is 36.0 Å². The number of sulfonamides is 1. The molecule has 148 valence electrons. The van der Waals surface area contributed by atoms with Crippen LogP contribution in [0, 0.1) is 5.92 Å². The number of benzene rings is 1. The van der Waals surface area contributed by atoms with Crippen molar-refractivity contribution in [3.63, 3.8) is 0 Å². The first-order chi connectivity index (χ1) is 12.8. The zero-order valence-electron chi connectivity index (χ0n) is 15.2. The van der Waals surface area contributed by atoms with Crippen LogP contribution in [0.2, 0.25) is 0 Å². The summed E-state index contributed by atoms with van der Waals surface area (Å²) >= 11 is 3.24. The van der Waals surface area contributed by atoms with Gasteiger partial charge in [-0.3, -0.25) is 4.79 Å². The van der Waals surface area contributed by atoms with Crippen LogP contribution in [0.5, 0.6) is 0 Å². The minimum Gasteiger partial charge on any atom is -0.465 e. The minimum absolute atomic E-state index is 0.0432. The fourth-order valence-corrected chi connectivity index (χ4v) is 5.52. The number of nitrogens with zero attached hydrogens (tertiary/aromatic N) is 2. The Hall–Kier alpha value is -1.45. The predicted molar refractivity (Wildman–Crippen MR) is 103 cm³/mol. The molecule has 1 saturated heterocycles. The minimum atomic E-state index is -3.74. The Balaban J connectivity index is 1.71. The first-order valence-electron chi connectivity index (χ1n) is 9.01. The monoisotopic (exact) mass is 458 g/mol. The summed E-state index contributed by atoms with van der Waals surface area (Å²) < 4.78 is 32.4. The van der Waals surface area contributed by atoms with Crippen LogP contribution in [-0.4, -0.2) is 62.8 Å². The van der Waals surface area contributed by atoms with E-state index in [1.54, 1.807) is 4.90 Å². The third-order valence-corrected chi connectivity index (χ3v) is 7.82. The quantitative estimate of drug-likeness (QED) is 0.646. The van der Waals surface area contributed by atoms with Crippen molar-refractivity contribution in [3.05, 3.63) is 28.2 Å². The molecule has 2 fully saturated rings. The molecule has 9 heteroatoms. The van der Waals surface area contributed by atoms with E-state index in [0.717, 1.165) is 25.7 Å². The molecule has 0 spiro atoms. The maximum absolute atomic E-state index is 12.9.